The highest BCUT2D eigenvalue weighted by atomic mass is 19.1. The van der Waals surface area contributed by atoms with E-state index in [0.717, 1.165) is 7.11 Å². The minimum absolute atomic E-state index is 0.224. The summed E-state index contributed by atoms with van der Waals surface area (Å²) < 4.78 is 17.3. The fourth-order valence-electron chi connectivity index (χ4n) is 0.785. The van der Waals surface area contributed by atoms with Gasteiger partial charge in [0.05, 0.1) is 6.61 Å². The van der Waals surface area contributed by atoms with Crippen LogP contribution in [0.4, 0.5) is 4.39 Å². The minimum Gasteiger partial charge on any atom is -0.394 e. The summed E-state index contributed by atoms with van der Waals surface area (Å²) in [7, 11) is 1.13. The number of aldehydes is 1. The molecule has 0 aromatic rings. The van der Waals surface area contributed by atoms with E-state index in [1.54, 1.807) is 0 Å². The molecule has 0 unspecified atom stereocenters. The van der Waals surface area contributed by atoms with Gasteiger partial charge in [0, 0.05) is 7.11 Å². The molecule has 5 nitrogen and oxygen atoms in total. The quantitative estimate of drug-likeness (QED) is 0.439. The van der Waals surface area contributed by atoms with Crippen molar-refractivity contribution in [2.75, 3.05) is 13.7 Å². The lowest BCUT2D eigenvalue weighted by atomic mass is 10.1. The molecule has 0 saturated heterocycles. The van der Waals surface area contributed by atoms with Crippen molar-refractivity contribution >= 4 is 6.29 Å². The Morgan fingerprint density at radius 1 is 1.54 bits per heavy atom. The molecule has 78 valence electrons. The third kappa shape index (κ3) is 3.35. The first-order valence-electron chi connectivity index (χ1n) is 3.67. The number of ether oxygens (including phenoxy) is 1. The summed E-state index contributed by atoms with van der Waals surface area (Å²) in [5.41, 5.74) is 0. The average Bonchev–Trinajstić information content (AvgIpc) is 2.17. The number of aliphatic hydroxyl groups excluding tert-OH is 3. The molecule has 0 saturated carbocycles. The Labute approximate surface area is 74.8 Å². The molecule has 0 spiro atoms. The van der Waals surface area contributed by atoms with Gasteiger partial charge in [0.15, 0.2) is 12.5 Å². The van der Waals surface area contributed by atoms with Gasteiger partial charge in [-0.25, -0.2) is 4.39 Å². The molecular weight excluding hydrogens is 183 g/mol. The summed E-state index contributed by atoms with van der Waals surface area (Å²) >= 11 is 0. The van der Waals surface area contributed by atoms with Crippen LogP contribution in [0.1, 0.15) is 0 Å². The number of halogens is 1. The highest BCUT2D eigenvalue weighted by Gasteiger charge is 2.32. The number of rotatable bonds is 6. The maximum atomic E-state index is 12.9. The number of hydrogen-bond donors (Lipinski definition) is 3. The molecular formula is C7H13FO5. The van der Waals surface area contributed by atoms with Crippen LogP contribution in [0.3, 0.4) is 0 Å². The zero-order valence-corrected chi connectivity index (χ0v) is 7.13. The fraction of sp³-hybridized carbons (Fsp3) is 0.857. The van der Waals surface area contributed by atoms with Gasteiger partial charge in [-0.1, -0.05) is 0 Å². The van der Waals surface area contributed by atoms with E-state index in [-0.39, 0.29) is 6.29 Å². The van der Waals surface area contributed by atoms with Crippen LogP contribution in [0, 0.1) is 0 Å². The van der Waals surface area contributed by atoms with Crippen LogP contribution in [0.5, 0.6) is 0 Å². The van der Waals surface area contributed by atoms with Crippen LogP contribution in [-0.2, 0) is 9.53 Å². The number of aliphatic hydroxyl groups is 3. The van der Waals surface area contributed by atoms with Crippen molar-refractivity contribution in [3.63, 3.8) is 0 Å². The topological polar surface area (TPSA) is 87.0 Å². The van der Waals surface area contributed by atoms with Crippen LogP contribution in [0.2, 0.25) is 0 Å². The second-order valence-corrected chi connectivity index (χ2v) is 2.52. The zero-order valence-electron chi connectivity index (χ0n) is 7.13. The van der Waals surface area contributed by atoms with E-state index < -0.39 is 31.1 Å². The molecule has 0 aromatic heterocycles. The predicted octanol–water partition coefficient (Wildman–Crippen LogP) is -1.75. The van der Waals surface area contributed by atoms with Gasteiger partial charge in [-0.2, -0.15) is 0 Å². The number of methoxy groups -OCH3 is 1. The minimum atomic E-state index is -2.11. The van der Waals surface area contributed by atoms with Crippen molar-refractivity contribution in [3.05, 3.63) is 0 Å². The van der Waals surface area contributed by atoms with Gasteiger partial charge in [0.1, 0.15) is 18.3 Å². The van der Waals surface area contributed by atoms with E-state index in [1.165, 1.54) is 0 Å². The van der Waals surface area contributed by atoms with Crippen LogP contribution in [-0.4, -0.2) is 59.8 Å². The monoisotopic (exact) mass is 196 g/mol. The van der Waals surface area contributed by atoms with E-state index >= 15 is 0 Å². The summed E-state index contributed by atoms with van der Waals surface area (Å²) in [6.45, 7) is -0.826. The summed E-state index contributed by atoms with van der Waals surface area (Å²) in [6, 6.07) is 0. The van der Waals surface area contributed by atoms with Gasteiger partial charge in [0.2, 0.25) is 0 Å². The van der Waals surface area contributed by atoms with Crippen molar-refractivity contribution in [3.8, 4) is 0 Å². The van der Waals surface area contributed by atoms with Crippen LogP contribution in [0.15, 0.2) is 0 Å². The summed E-state index contributed by atoms with van der Waals surface area (Å²) in [6.07, 6.45) is -6.71. The molecule has 0 amide bonds. The number of carbonyl (C=O) groups excluding carboxylic acids is 1. The Kier molecular flexibility index (Phi) is 5.72. The molecule has 0 aliphatic heterocycles. The maximum Gasteiger partial charge on any atom is 0.157 e. The molecule has 0 bridgehead atoms. The Morgan fingerprint density at radius 3 is 2.38 bits per heavy atom. The van der Waals surface area contributed by atoms with E-state index in [2.05, 4.69) is 4.74 Å². The molecule has 3 N–H and O–H groups in total. The zero-order chi connectivity index (χ0) is 10.4. The van der Waals surface area contributed by atoms with Crippen LogP contribution in [0.25, 0.3) is 0 Å². The lowest BCUT2D eigenvalue weighted by Gasteiger charge is -2.22. The van der Waals surface area contributed by atoms with Crippen molar-refractivity contribution in [2.45, 2.75) is 24.5 Å². The first kappa shape index (κ1) is 12.4. The van der Waals surface area contributed by atoms with Crippen LogP contribution < -0.4 is 0 Å². The Morgan fingerprint density at radius 2 is 2.08 bits per heavy atom. The number of alkyl halides is 1. The lowest BCUT2D eigenvalue weighted by Crippen LogP contribution is -2.44. The van der Waals surface area contributed by atoms with Gasteiger partial charge in [0.25, 0.3) is 0 Å². The third-order valence-electron chi connectivity index (χ3n) is 1.62. The van der Waals surface area contributed by atoms with E-state index in [0.29, 0.717) is 0 Å². The van der Waals surface area contributed by atoms with Crippen molar-refractivity contribution in [2.24, 2.45) is 0 Å². The van der Waals surface area contributed by atoms with E-state index in [4.69, 9.17) is 15.3 Å². The number of hydrogen-bond acceptors (Lipinski definition) is 5. The van der Waals surface area contributed by atoms with Gasteiger partial charge < -0.3 is 24.9 Å². The SMILES string of the molecule is CO[C@@H](C=O)[C@@H](O)[C@H](F)[C@H](O)CO. The lowest BCUT2D eigenvalue weighted by molar-refractivity contribution is -0.131. The molecule has 13 heavy (non-hydrogen) atoms. The van der Waals surface area contributed by atoms with Gasteiger partial charge in [-0.05, 0) is 0 Å². The van der Waals surface area contributed by atoms with Gasteiger partial charge >= 0.3 is 0 Å². The second-order valence-electron chi connectivity index (χ2n) is 2.52. The summed E-state index contributed by atoms with van der Waals surface area (Å²) in [5.74, 6) is 0. The molecule has 0 heterocycles. The molecule has 0 radical (unpaired) electrons. The van der Waals surface area contributed by atoms with Gasteiger partial charge in [-0.3, -0.25) is 0 Å². The van der Waals surface area contributed by atoms with Crippen molar-refractivity contribution in [1.82, 2.24) is 0 Å². The predicted molar refractivity (Wildman–Crippen MR) is 40.9 cm³/mol. The first-order valence-corrected chi connectivity index (χ1v) is 3.67. The summed E-state index contributed by atoms with van der Waals surface area (Å²) in [5, 5.41) is 26.2. The highest BCUT2D eigenvalue weighted by Crippen LogP contribution is 2.09. The highest BCUT2D eigenvalue weighted by molar-refractivity contribution is 5.57. The average molecular weight is 196 g/mol. The normalized spacial score (nSPS) is 20.4. The molecule has 0 aliphatic carbocycles. The second kappa shape index (κ2) is 5.98. The molecule has 0 rings (SSSR count). The Balaban J connectivity index is 4.21. The standard InChI is InChI=1S/C7H13FO5/c1-13-5(3-10)7(12)6(8)4(11)2-9/h3-7,9,11-12H,2H2,1H3/t4-,5+,6-,7-/m1/s1. The largest absolute Gasteiger partial charge is 0.394 e. The summed E-state index contributed by atoms with van der Waals surface area (Å²) in [4.78, 5) is 10.2. The van der Waals surface area contributed by atoms with Gasteiger partial charge in [-0.15, -0.1) is 0 Å². The third-order valence-corrected chi connectivity index (χ3v) is 1.62. The maximum absolute atomic E-state index is 12.9. The van der Waals surface area contributed by atoms with E-state index in [1.807, 2.05) is 0 Å². The molecule has 0 aliphatic rings. The molecule has 0 fully saturated rings. The fourth-order valence-corrected chi connectivity index (χ4v) is 0.785. The molecule has 0 aromatic carbocycles. The number of carbonyl (C=O) groups is 1. The molecule has 6 heteroatoms. The Hall–Kier alpha value is -0.560. The smallest absolute Gasteiger partial charge is 0.157 e. The molecule has 4 atom stereocenters. The van der Waals surface area contributed by atoms with Crippen LogP contribution >= 0.6 is 0 Å². The van der Waals surface area contributed by atoms with E-state index in [9.17, 15) is 9.18 Å². The first-order chi connectivity index (χ1) is 6.08. The Bertz CT molecular complexity index is 154. The van der Waals surface area contributed by atoms with Crippen molar-refractivity contribution in [1.29, 1.82) is 0 Å². The van der Waals surface area contributed by atoms with Crippen molar-refractivity contribution < 1.29 is 29.2 Å².